The fourth-order valence-corrected chi connectivity index (χ4v) is 0.628. The van der Waals surface area contributed by atoms with Crippen molar-refractivity contribution in [1.29, 1.82) is 0 Å². The van der Waals surface area contributed by atoms with Crippen molar-refractivity contribution in [2.24, 2.45) is 4.99 Å². The molecule has 1 nitrogen and oxygen atoms in total. The number of allylic oxidation sites excluding steroid dienone is 2. The van der Waals surface area contributed by atoms with Crippen LogP contribution in [0.4, 0.5) is 0 Å². The van der Waals surface area contributed by atoms with Gasteiger partial charge in [0.1, 0.15) is 0 Å². The largest absolute Gasteiger partial charge is 0.266 e. The van der Waals surface area contributed by atoms with Gasteiger partial charge in [0.2, 0.25) is 0 Å². The van der Waals surface area contributed by atoms with Crippen LogP contribution in [-0.2, 0) is 0 Å². The minimum atomic E-state index is 1.12. The Hall–Kier alpha value is -0.590. The highest BCUT2D eigenvalue weighted by Gasteiger charge is 1.87. The normalized spacial score (nSPS) is 19.3. The van der Waals surface area contributed by atoms with Crippen molar-refractivity contribution in [2.75, 3.05) is 0 Å². The molecule has 1 heterocycles. The first kappa shape index (κ1) is 4.57. The van der Waals surface area contributed by atoms with Gasteiger partial charge in [-0.1, -0.05) is 6.08 Å². The molecular weight excluding hydrogens is 86.1 g/mol. The zero-order chi connectivity index (χ0) is 5.11. The van der Waals surface area contributed by atoms with Gasteiger partial charge >= 0.3 is 0 Å². The Morgan fingerprint density at radius 3 is 2.71 bits per heavy atom. The van der Waals surface area contributed by atoms with Crippen LogP contribution in [0.15, 0.2) is 16.8 Å². The van der Waals surface area contributed by atoms with E-state index in [1.807, 2.05) is 13.1 Å². The van der Waals surface area contributed by atoms with Crippen LogP contribution < -0.4 is 0 Å². The summed E-state index contributed by atoms with van der Waals surface area (Å²) in [6.07, 6.45) is 6.42. The van der Waals surface area contributed by atoms with Crippen molar-refractivity contribution >= 4 is 6.21 Å². The van der Waals surface area contributed by atoms with Crippen LogP contribution in [0.25, 0.3) is 0 Å². The molecule has 0 saturated carbocycles. The molecule has 0 N–H and O–H groups in total. The van der Waals surface area contributed by atoms with Gasteiger partial charge in [-0.05, 0) is 19.8 Å². The van der Waals surface area contributed by atoms with Gasteiger partial charge in [0.15, 0.2) is 0 Å². The first-order chi connectivity index (χ1) is 3.39. The Bertz CT molecular complexity index is 111. The van der Waals surface area contributed by atoms with Crippen molar-refractivity contribution in [3.8, 4) is 0 Å². The second-order valence-electron chi connectivity index (χ2n) is 1.73. The third kappa shape index (κ3) is 1.15. The molecule has 1 rings (SSSR count). The zero-order valence-corrected chi connectivity index (χ0v) is 4.52. The fourth-order valence-electron chi connectivity index (χ4n) is 0.628. The quantitative estimate of drug-likeness (QED) is 0.434. The number of rotatable bonds is 0. The molecule has 1 aliphatic heterocycles. The predicted molar refractivity (Wildman–Crippen MR) is 31.5 cm³/mol. The Labute approximate surface area is 43.8 Å². The molecule has 38 valence electrons. The van der Waals surface area contributed by atoms with Gasteiger partial charge in [0, 0.05) is 11.9 Å². The van der Waals surface area contributed by atoms with Gasteiger partial charge in [-0.2, -0.15) is 0 Å². The molecule has 0 unspecified atom stereocenters. The monoisotopic (exact) mass is 95.1 g/mol. The van der Waals surface area contributed by atoms with Crippen molar-refractivity contribution < 1.29 is 0 Å². The van der Waals surface area contributed by atoms with E-state index in [1.165, 1.54) is 6.42 Å². The average molecular weight is 95.1 g/mol. The summed E-state index contributed by atoms with van der Waals surface area (Å²) in [7, 11) is 0. The van der Waals surface area contributed by atoms with Gasteiger partial charge in [-0.25, -0.2) is 0 Å². The summed E-state index contributed by atoms with van der Waals surface area (Å²) in [6, 6.07) is 0. The maximum Gasteiger partial charge on any atom is 0.0329 e. The first-order valence-corrected chi connectivity index (χ1v) is 2.59. The molecule has 0 aromatic rings. The second-order valence-corrected chi connectivity index (χ2v) is 1.73. The minimum absolute atomic E-state index is 1.12. The Kier molecular flexibility index (Phi) is 1.25. The van der Waals surface area contributed by atoms with Gasteiger partial charge < -0.3 is 0 Å². The molecule has 1 aliphatic rings. The minimum Gasteiger partial charge on any atom is -0.266 e. The van der Waals surface area contributed by atoms with Crippen molar-refractivity contribution in [3.63, 3.8) is 0 Å². The lowest BCUT2D eigenvalue weighted by Gasteiger charge is -1.96. The molecule has 7 heavy (non-hydrogen) atoms. The van der Waals surface area contributed by atoms with E-state index in [9.17, 15) is 0 Å². The topological polar surface area (TPSA) is 12.4 Å². The van der Waals surface area contributed by atoms with Gasteiger partial charge in [0.25, 0.3) is 0 Å². The summed E-state index contributed by atoms with van der Waals surface area (Å²) in [6.45, 7) is 2.02. The smallest absolute Gasteiger partial charge is 0.0329 e. The summed E-state index contributed by atoms with van der Waals surface area (Å²) in [5.74, 6) is 0. The highest BCUT2D eigenvalue weighted by atomic mass is 14.7. The summed E-state index contributed by atoms with van der Waals surface area (Å²) in [4.78, 5) is 4.07. The number of hydrogen-bond donors (Lipinski definition) is 0. The molecule has 0 radical (unpaired) electrons. The van der Waals surface area contributed by atoms with E-state index in [4.69, 9.17) is 0 Å². The van der Waals surface area contributed by atoms with Crippen LogP contribution in [0.5, 0.6) is 0 Å². The third-order valence-corrected chi connectivity index (χ3v) is 1.03. The van der Waals surface area contributed by atoms with Crippen LogP contribution in [0.3, 0.4) is 0 Å². The van der Waals surface area contributed by atoms with E-state index < -0.39 is 0 Å². The Balaban J connectivity index is 2.58. The molecule has 0 bridgehead atoms. The summed E-state index contributed by atoms with van der Waals surface area (Å²) in [5, 5.41) is 0. The van der Waals surface area contributed by atoms with Gasteiger partial charge in [-0.3, -0.25) is 4.99 Å². The number of aliphatic imine (C=N–C) groups is 1. The molecule has 0 fully saturated rings. The molecule has 0 saturated heterocycles. The van der Waals surface area contributed by atoms with Crippen molar-refractivity contribution in [2.45, 2.75) is 19.8 Å². The summed E-state index contributed by atoms with van der Waals surface area (Å²) < 4.78 is 0. The second kappa shape index (κ2) is 1.92. The maximum atomic E-state index is 4.07. The van der Waals surface area contributed by atoms with E-state index in [0.717, 1.165) is 12.1 Å². The van der Waals surface area contributed by atoms with E-state index in [2.05, 4.69) is 11.1 Å². The standard InChI is InChI=1S/C6H9N/c1-6-4-2-3-5-7-6/h4-5H,2-3H2,1H3. The molecule has 0 spiro atoms. The molecule has 0 amide bonds. The molecule has 1 heteroatoms. The predicted octanol–water partition coefficient (Wildman–Crippen LogP) is 1.75. The van der Waals surface area contributed by atoms with Gasteiger partial charge in [0.05, 0.1) is 0 Å². The molecule has 0 aromatic carbocycles. The van der Waals surface area contributed by atoms with Crippen molar-refractivity contribution in [3.05, 3.63) is 11.8 Å². The van der Waals surface area contributed by atoms with E-state index in [-0.39, 0.29) is 0 Å². The average Bonchev–Trinajstić information content (AvgIpc) is 1.69. The molecule has 0 aliphatic carbocycles. The fraction of sp³-hybridized carbons (Fsp3) is 0.500. The number of hydrogen-bond acceptors (Lipinski definition) is 1. The van der Waals surface area contributed by atoms with Crippen molar-refractivity contribution in [1.82, 2.24) is 0 Å². The number of nitrogens with zero attached hydrogens (tertiary/aromatic N) is 1. The lowest BCUT2D eigenvalue weighted by molar-refractivity contribution is 1.04. The SMILES string of the molecule is CC1=CCCC=N1. The first-order valence-electron chi connectivity index (χ1n) is 2.59. The van der Waals surface area contributed by atoms with Crippen LogP contribution in [0.2, 0.25) is 0 Å². The van der Waals surface area contributed by atoms with E-state index in [1.54, 1.807) is 0 Å². The lowest BCUT2D eigenvalue weighted by Crippen LogP contribution is -1.82. The van der Waals surface area contributed by atoms with Crippen LogP contribution >= 0.6 is 0 Å². The Morgan fingerprint density at radius 2 is 2.43 bits per heavy atom. The Morgan fingerprint density at radius 1 is 1.57 bits per heavy atom. The van der Waals surface area contributed by atoms with Crippen LogP contribution in [0, 0.1) is 0 Å². The summed E-state index contributed by atoms with van der Waals surface area (Å²) >= 11 is 0. The summed E-state index contributed by atoms with van der Waals surface area (Å²) in [5.41, 5.74) is 1.16. The zero-order valence-electron chi connectivity index (χ0n) is 4.52. The molecule has 0 atom stereocenters. The van der Waals surface area contributed by atoms with E-state index in [0.29, 0.717) is 0 Å². The van der Waals surface area contributed by atoms with Crippen LogP contribution in [0.1, 0.15) is 19.8 Å². The van der Waals surface area contributed by atoms with Gasteiger partial charge in [-0.15, -0.1) is 0 Å². The van der Waals surface area contributed by atoms with E-state index >= 15 is 0 Å². The maximum absolute atomic E-state index is 4.07. The lowest BCUT2D eigenvalue weighted by atomic mass is 10.2. The molecule has 0 aromatic heterocycles. The van der Waals surface area contributed by atoms with Crippen LogP contribution in [-0.4, -0.2) is 6.21 Å². The molecular formula is C6H9N. The highest BCUT2D eigenvalue weighted by Crippen LogP contribution is 2.03. The highest BCUT2D eigenvalue weighted by molar-refractivity contribution is 5.60. The third-order valence-electron chi connectivity index (χ3n) is 1.03.